The van der Waals surface area contributed by atoms with Gasteiger partial charge in [-0.1, -0.05) is 35.3 Å². The number of thiazole rings is 1. The number of ether oxygens (including phenoxy) is 1. The Morgan fingerprint density at radius 1 is 1.13 bits per heavy atom. The molecule has 7 heteroatoms. The average Bonchev–Trinajstić information content (AvgIpc) is 2.96. The summed E-state index contributed by atoms with van der Waals surface area (Å²) in [6.45, 7) is 0.0120. The second kappa shape index (κ2) is 7.25. The lowest BCUT2D eigenvalue weighted by molar-refractivity contribution is -0.145. The number of halogens is 2. The third-order valence-corrected chi connectivity index (χ3v) is 4.79. The van der Waals surface area contributed by atoms with Crippen LogP contribution in [0, 0.1) is 0 Å². The van der Waals surface area contributed by atoms with E-state index in [-0.39, 0.29) is 19.0 Å². The van der Waals surface area contributed by atoms with E-state index in [9.17, 15) is 4.79 Å². The number of fused-ring (bicyclic) bond motifs is 1. The Balaban J connectivity index is 1.54. The van der Waals surface area contributed by atoms with Crippen molar-refractivity contribution >= 4 is 50.7 Å². The van der Waals surface area contributed by atoms with E-state index in [4.69, 9.17) is 27.9 Å². The number of hydrogen-bond donors (Lipinski definition) is 0. The van der Waals surface area contributed by atoms with Crippen LogP contribution in [0.4, 0.5) is 0 Å². The Kier molecular flexibility index (Phi) is 5.10. The fourth-order valence-corrected chi connectivity index (χ4v) is 3.31. The van der Waals surface area contributed by atoms with Gasteiger partial charge in [-0.05, 0) is 24.3 Å². The molecule has 0 saturated heterocycles. The van der Waals surface area contributed by atoms with Crippen LogP contribution in [0.5, 0.6) is 0 Å². The molecule has 0 amide bonds. The Bertz CT molecular complexity index is 818. The highest BCUT2D eigenvalue weighted by Crippen LogP contribution is 2.23. The van der Waals surface area contributed by atoms with Crippen LogP contribution in [0.3, 0.4) is 0 Å². The highest BCUT2D eigenvalue weighted by Gasteiger charge is 2.10. The van der Waals surface area contributed by atoms with E-state index in [0.717, 1.165) is 15.2 Å². The van der Waals surface area contributed by atoms with Crippen LogP contribution < -0.4 is 0 Å². The van der Waals surface area contributed by atoms with Crippen molar-refractivity contribution in [2.75, 3.05) is 0 Å². The average molecular weight is 367 g/mol. The summed E-state index contributed by atoms with van der Waals surface area (Å²) in [6, 6.07) is 11.1. The first-order valence-corrected chi connectivity index (χ1v) is 8.50. The molecule has 0 atom stereocenters. The number of carbonyl (C=O) groups excluding carboxylic acids is 1. The molecule has 0 aliphatic heterocycles. The predicted molar refractivity (Wildman–Crippen MR) is 92.0 cm³/mol. The summed E-state index contributed by atoms with van der Waals surface area (Å²) in [7, 11) is 0. The summed E-state index contributed by atoms with van der Waals surface area (Å²) in [5.41, 5.74) is 1.41. The summed E-state index contributed by atoms with van der Waals surface area (Å²) >= 11 is 13.4. The molecule has 118 valence electrons. The highest BCUT2D eigenvalue weighted by atomic mass is 35.5. The third-order valence-electron chi connectivity index (χ3n) is 3.14. The van der Waals surface area contributed by atoms with Gasteiger partial charge in [-0.15, -0.1) is 11.3 Å². The lowest BCUT2D eigenvalue weighted by Crippen LogP contribution is -2.07. The maximum absolute atomic E-state index is 11.9. The number of pyridine rings is 1. The predicted octanol–water partition coefficient (Wildman–Crippen LogP) is 4.67. The number of esters is 1. The zero-order valence-corrected chi connectivity index (χ0v) is 14.3. The van der Waals surface area contributed by atoms with Gasteiger partial charge in [0.25, 0.3) is 0 Å². The van der Waals surface area contributed by atoms with Crippen LogP contribution >= 0.6 is 34.5 Å². The molecule has 23 heavy (non-hydrogen) atoms. The molecule has 3 aromatic rings. The topological polar surface area (TPSA) is 52.1 Å². The van der Waals surface area contributed by atoms with Crippen LogP contribution in [0.2, 0.25) is 10.2 Å². The number of benzene rings is 1. The molecule has 0 radical (unpaired) electrons. The minimum absolute atomic E-state index is 0.0120. The van der Waals surface area contributed by atoms with E-state index in [1.54, 1.807) is 23.5 Å². The minimum Gasteiger partial charge on any atom is -0.459 e. The van der Waals surface area contributed by atoms with Crippen molar-refractivity contribution in [1.29, 1.82) is 0 Å². The smallest absolute Gasteiger partial charge is 0.306 e. The van der Waals surface area contributed by atoms with Crippen molar-refractivity contribution in [3.63, 3.8) is 0 Å². The standard InChI is InChI=1S/C16H12Cl2N2O2S/c17-10-5-6-14(18)19-12(10)9-22-16(21)8-7-15-20-11-3-1-2-4-13(11)23-15/h1-6H,7-9H2. The van der Waals surface area contributed by atoms with Crippen molar-refractivity contribution < 1.29 is 9.53 Å². The number of carbonyl (C=O) groups is 1. The molecular weight excluding hydrogens is 355 g/mol. The molecule has 0 bridgehead atoms. The number of aryl methyl sites for hydroxylation is 1. The summed E-state index contributed by atoms with van der Waals surface area (Å²) in [4.78, 5) is 20.4. The van der Waals surface area contributed by atoms with Gasteiger partial charge >= 0.3 is 5.97 Å². The van der Waals surface area contributed by atoms with Gasteiger partial charge in [0, 0.05) is 6.42 Å². The summed E-state index contributed by atoms with van der Waals surface area (Å²) < 4.78 is 6.31. The molecule has 0 unspecified atom stereocenters. The van der Waals surface area contributed by atoms with Gasteiger partial charge in [0.2, 0.25) is 0 Å². The number of rotatable bonds is 5. The fourth-order valence-electron chi connectivity index (χ4n) is 2.02. The summed E-state index contributed by atoms with van der Waals surface area (Å²) in [5.74, 6) is -0.318. The lowest BCUT2D eigenvalue weighted by Gasteiger charge is -2.05. The summed E-state index contributed by atoms with van der Waals surface area (Å²) in [6.07, 6.45) is 0.812. The molecule has 0 saturated carbocycles. The van der Waals surface area contributed by atoms with Crippen molar-refractivity contribution in [3.05, 3.63) is 57.3 Å². The van der Waals surface area contributed by atoms with Crippen LogP contribution in [-0.2, 0) is 22.6 Å². The Morgan fingerprint density at radius 3 is 2.78 bits per heavy atom. The molecule has 1 aromatic carbocycles. The number of hydrogen-bond acceptors (Lipinski definition) is 5. The van der Waals surface area contributed by atoms with Crippen molar-refractivity contribution in [1.82, 2.24) is 9.97 Å². The van der Waals surface area contributed by atoms with Crippen molar-refractivity contribution in [2.45, 2.75) is 19.4 Å². The number of aromatic nitrogens is 2. The zero-order chi connectivity index (χ0) is 16.2. The molecule has 2 aromatic heterocycles. The monoisotopic (exact) mass is 366 g/mol. The molecule has 0 N–H and O–H groups in total. The number of para-hydroxylation sites is 1. The maximum atomic E-state index is 11.9. The molecule has 0 spiro atoms. The second-order valence-corrected chi connectivity index (χ2v) is 6.71. The Morgan fingerprint density at radius 2 is 1.96 bits per heavy atom. The Labute approximate surface area is 147 Å². The van der Waals surface area contributed by atoms with E-state index in [1.165, 1.54) is 0 Å². The molecular formula is C16H12Cl2N2O2S. The van der Waals surface area contributed by atoms with E-state index in [2.05, 4.69) is 9.97 Å². The largest absolute Gasteiger partial charge is 0.459 e. The molecule has 2 heterocycles. The lowest BCUT2D eigenvalue weighted by atomic mass is 10.3. The highest BCUT2D eigenvalue weighted by molar-refractivity contribution is 7.18. The first-order chi connectivity index (χ1) is 11.1. The zero-order valence-electron chi connectivity index (χ0n) is 12.0. The molecule has 0 aliphatic rings. The molecule has 3 rings (SSSR count). The van der Waals surface area contributed by atoms with Crippen LogP contribution in [0.15, 0.2) is 36.4 Å². The first kappa shape index (κ1) is 16.2. The molecule has 0 fully saturated rings. The first-order valence-electron chi connectivity index (χ1n) is 6.93. The number of nitrogens with zero attached hydrogens (tertiary/aromatic N) is 2. The van der Waals surface area contributed by atoms with Crippen molar-refractivity contribution in [3.8, 4) is 0 Å². The van der Waals surface area contributed by atoms with Crippen molar-refractivity contribution in [2.24, 2.45) is 0 Å². The van der Waals surface area contributed by atoms with E-state index in [1.807, 2.05) is 24.3 Å². The molecule has 4 nitrogen and oxygen atoms in total. The van der Waals surface area contributed by atoms with E-state index < -0.39 is 0 Å². The fraction of sp³-hybridized carbons (Fsp3) is 0.188. The minimum atomic E-state index is -0.318. The molecule has 0 aliphatic carbocycles. The normalized spacial score (nSPS) is 10.9. The third kappa shape index (κ3) is 4.19. The second-order valence-electron chi connectivity index (χ2n) is 4.80. The van der Waals surface area contributed by atoms with Crippen LogP contribution in [0.25, 0.3) is 10.2 Å². The summed E-state index contributed by atoms with van der Waals surface area (Å²) in [5, 5.41) is 1.66. The quantitative estimate of drug-likeness (QED) is 0.486. The Hall–Kier alpha value is -1.69. The SMILES string of the molecule is O=C(CCc1nc2ccccc2s1)OCc1nc(Cl)ccc1Cl. The van der Waals surface area contributed by atoms with Gasteiger partial charge in [0.05, 0.1) is 32.4 Å². The van der Waals surface area contributed by atoms with E-state index in [0.29, 0.717) is 22.3 Å². The maximum Gasteiger partial charge on any atom is 0.306 e. The van der Waals surface area contributed by atoms with Gasteiger partial charge in [-0.2, -0.15) is 0 Å². The van der Waals surface area contributed by atoms with Crippen LogP contribution in [0.1, 0.15) is 17.1 Å². The van der Waals surface area contributed by atoms with Gasteiger partial charge in [0.15, 0.2) is 0 Å². The van der Waals surface area contributed by atoms with Gasteiger partial charge < -0.3 is 4.74 Å². The van der Waals surface area contributed by atoms with Crippen LogP contribution in [-0.4, -0.2) is 15.9 Å². The van der Waals surface area contributed by atoms with E-state index >= 15 is 0 Å². The van der Waals surface area contributed by atoms with Gasteiger partial charge in [-0.3, -0.25) is 4.79 Å². The van der Waals surface area contributed by atoms with Gasteiger partial charge in [-0.25, -0.2) is 9.97 Å². The van der Waals surface area contributed by atoms with Gasteiger partial charge in [0.1, 0.15) is 11.8 Å².